The lowest BCUT2D eigenvalue weighted by Crippen LogP contribution is -2.15. The molecule has 5 heteroatoms. The highest BCUT2D eigenvalue weighted by molar-refractivity contribution is 5.84. The van der Waals surface area contributed by atoms with Gasteiger partial charge in [-0.15, -0.1) is 0 Å². The van der Waals surface area contributed by atoms with Crippen LogP contribution in [0.1, 0.15) is 11.1 Å². The van der Waals surface area contributed by atoms with E-state index in [0.717, 1.165) is 17.6 Å². The zero-order valence-electron chi connectivity index (χ0n) is 11.5. The molecule has 1 aliphatic rings. The molecule has 0 spiro atoms. The van der Waals surface area contributed by atoms with E-state index in [2.05, 4.69) is 6.07 Å². The van der Waals surface area contributed by atoms with Crippen molar-refractivity contribution in [2.24, 2.45) is 0 Å². The smallest absolute Gasteiger partial charge is 0.257 e. The first-order chi connectivity index (χ1) is 10.2. The fourth-order valence-electron chi connectivity index (χ4n) is 2.90. The van der Waals surface area contributed by atoms with E-state index in [-0.39, 0.29) is 11.7 Å². The number of nitrogens with zero attached hydrogens (tertiary/aromatic N) is 3. The van der Waals surface area contributed by atoms with Crippen LogP contribution < -0.4 is 5.56 Å². The van der Waals surface area contributed by atoms with Crippen molar-refractivity contribution < 1.29 is 4.74 Å². The maximum absolute atomic E-state index is 12.4. The number of rotatable bonds is 2. The van der Waals surface area contributed by atoms with Crippen molar-refractivity contribution in [3.63, 3.8) is 0 Å². The molecule has 1 atom stereocenters. The normalized spacial score (nSPS) is 17.2. The number of fused-ring (bicyclic) bond motifs is 3. The Labute approximate surface area is 120 Å². The standard InChI is InChI=1S/C16H13N3O2/c1-10-6-15(20)19-14-5-3-2-4-13(14)18(8-11-9-21-11)16(19)12(10)7-17/h2-6,11H,8-9H2,1H3. The maximum atomic E-state index is 12.4. The van der Waals surface area contributed by atoms with E-state index in [9.17, 15) is 10.1 Å². The van der Waals surface area contributed by atoms with Gasteiger partial charge in [-0.3, -0.25) is 9.20 Å². The predicted molar refractivity (Wildman–Crippen MR) is 78.4 cm³/mol. The van der Waals surface area contributed by atoms with Gasteiger partial charge in [0.25, 0.3) is 5.56 Å². The van der Waals surface area contributed by atoms with Crippen LogP contribution >= 0.6 is 0 Å². The predicted octanol–water partition coefficient (Wildman–Crippen LogP) is 1.83. The molecular weight excluding hydrogens is 266 g/mol. The van der Waals surface area contributed by atoms with Gasteiger partial charge in [0.05, 0.1) is 35.9 Å². The highest BCUT2D eigenvalue weighted by Crippen LogP contribution is 2.25. The first-order valence-corrected chi connectivity index (χ1v) is 6.86. The maximum Gasteiger partial charge on any atom is 0.257 e. The van der Waals surface area contributed by atoms with Crippen molar-refractivity contribution in [3.05, 3.63) is 51.8 Å². The first-order valence-electron chi connectivity index (χ1n) is 6.86. The van der Waals surface area contributed by atoms with Crippen LogP contribution in [-0.4, -0.2) is 21.7 Å². The zero-order valence-corrected chi connectivity index (χ0v) is 11.5. The number of hydrogen-bond donors (Lipinski definition) is 0. The molecule has 3 heterocycles. The summed E-state index contributed by atoms with van der Waals surface area (Å²) in [6, 6.07) is 11.5. The molecular formula is C16H13N3O2. The van der Waals surface area contributed by atoms with Crippen molar-refractivity contribution in [2.75, 3.05) is 6.61 Å². The van der Waals surface area contributed by atoms with Gasteiger partial charge in [-0.2, -0.15) is 5.26 Å². The van der Waals surface area contributed by atoms with Gasteiger partial charge in [0.2, 0.25) is 0 Å². The van der Waals surface area contributed by atoms with Crippen molar-refractivity contribution in [1.29, 1.82) is 5.26 Å². The second-order valence-electron chi connectivity index (χ2n) is 5.37. The summed E-state index contributed by atoms with van der Waals surface area (Å²) < 4.78 is 8.98. The van der Waals surface area contributed by atoms with Gasteiger partial charge in [-0.05, 0) is 24.6 Å². The molecule has 0 aliphatic carbocycles. The summed E-state index contributed by atoms with van der Waals surface area (Å²) in [5.41, 5.74) is 3.60. The third-order valence-electron chi connectivity index (χ3n) is 3.96. The summed E-state index contributed by atoms with van der Waals surface area (Å²) in [7, 11) is 0. The van der Waals surface area contributed by atoms with Crippen LogP contribution in [0.25, 0.3) is 16.7 Å². The minimum Gasteiger partial charge on any atom is -0.371 e. The summed E-state index contributed by atoms with van der Waals surface area (Å²) in [5, 5.41) is 9.50. The average molecular weight is 279 g/mol. The van der Waals surface area contributed by atoms with E-state index in [0.29, 0.717) is 23.3 Å². The Kier molecular flexibility index (Phi) is 2.44. The van der Waals surface area contributed by atoms with Crippen LogP contribution in [0.2, 0.25) is 0 Å². The van der Waals surface area contributed by atoms with Crippen molar-refractivity contribution in [2.45, 2.75) is 19.6 Å². The van der Waals surface area contributed by atoms with E-state index in [1.165, 1.54) is 6.07 Å². The second-order valence-corrected chi connectivity index (χ2v) is 5.37. The highest BCUT2D eigenvalue weighted by Gasteiger charge is 2.26. The van der Waals surface area contributed by atoms with E-state index in [4.69, 9.17) is 4.74 Å². The molecule has 3 aromatic rings. The number of para-hydroxylation sites is 2. The quantitative estimate of drug-likeness (QED) is 0.672. The number of aromatic nitrogens is 2. The van der Waals surface area contributed by atoms with E-state index in [1.807, 2.05) is 28.8 Å². The Morgan fingerprint density at radius 3 is 2.76 bits per heavy atom. The molecule has 0 amide bonds. The van der Waals surface area contributed by atoms with Crippen LogP contribution in [0.3, 0.4) is 0 Å². The molecule has 0 saturated carbocycles. The highest BCUT2D eigenvalue weighted by atomic mass is 16.6. The monoisotopic (exact) mass is 279 g/mol. The van der Waals surface area contributed by atoms with Crippen LogP contribution in [0.5, 0.6) is 0 Å². The number of aryl methyl sites for hydroxylation is 1. The number of nitriles is 1. The minimum atomic E-state index is -0.104. The zero-order chi connectivity index (χ0) is 14.6. The fourth-order valence-corrected chi connectivity index (χ4v) is 2.90. The summed E-state index contributed by atoms with van der Waals surface area (Å²) in [6.45, 7) is 3.20. The molecule has 21 heavy (non-hydrogen) atoms. The lowest BCUT2D eigenvalue weighted by Gasteiger charge is -2.06. The minimum absolute atomic E-state index is 0.104. The van der Waals surface area contributed by atoms with Gasteiger partial charge >= 0.3 is 0 Å². The summed E-state index contributed by atoms with van der Waals surface area (Å²) >= 11 is 0. The Balaban J connectivity index is 2.25. The molecule has 4 rings (SSSR count). The summed E-state index contributed by atoms with van der Waals surface area (Å²) in [4.78, 5) is 12.4. The molecule has 1 aromatic carbocycles. The average Bonchev–Trinajstić information content (AvgIpc) is 3.23. The molecule has 5 nitrogen and oxygen atoms in total. The van der Waals surface area contributed by atoms with Gasteiger partial charge in [-0.25, -0.2) is 0 Å². The molecule has 2 aromatic heterocycles. The molecule has 1 fully saturated rings. The Morgan fingerprint density at radius 1 is 1.38 bits per heavy atom. The Bertz CT molecular complexity index is 971. The topological polar surface area (TPSA) is 62.7 Å². The van der Waals surface area contributed by atoms with Gasteiger partial charge in [-0.1, -0.05) is 12.1 Å². The van der Waals surface area contributed by atoms with E-state index < -0.39 is 0 Å². The van der Waals surface area contributed by atoms with Crippen LogP contribution in [0.15, 0.2) is 35.1 Å². The molecule has 0 bridgehead atoms. The number of pyridine rings is 1. The molecule has 0 radical (unpaired) electrons. The van der Waals surface area contributed by atoms with Gasteiger partial charge in [0.15, 0.2) is 0 Å². The lowest BCUT2D eigenvalue weighted by atomic mass is 10.1. The molecule has 0 N–H and O–H groups in total. The largest absolute Gasteiger partial charge is 0.371 e. The summed E-state index contributed by atoms with van der Waals surface area (Å²) in [6.07, 6.45) is 0.173. The van der Waals surface area contributed by atoms with Gasteiger partial charge in [0.1, 0.15) is 11.7 Å². The molecule has 1 unspecified atom stereocenters. The fraction of sp³-hybridized carbons (Fsp3) is 0.250. The number of ether oxygens (including phenoxy) is 1. The first kappa shape index (κ1) is 12.2. The van der Waals surface area contributed by atoms with Crippen LogP contribution in [0.4, 0.5) is 0 Å². The van der Waals surface area contributed by atoms with Crippen molar-refractivity contribution in [1.82, 2.24) is 8.97 Å². The third-order valence-corrected chi connectivity index (χ3v) is 3.96. The SMILES string of the molecule is Cc1cc(=O)n2c3ccccc3n(CC3CO3)c2c1C#N. The Morgan fingerprint density at radius 2 is 2.10 bits per heavy atom. The number of epoxide rings is 1. The molecule has 104 valence electrons. The second kappa shape index (κ2) is 4.21. The molecule has 1 aliphatic heterocycles. The van der Waals surface area contributed by atoms with E-state index >= 15 is 0 Å². The van der Waals surface area contributed by atoms with Crippen LogP contribution in [-0.2, 0) is 11.3 Å². The van der Waals surface area contributed by atoms with Crippen molar-refractivity contribution >= 4 is 16.7 Å². The summed E-state index contributed by atoms with van der Waals surface area (Å²) in [5.74, 6) is 0. The lowest BCUT2D eigenvalue weighted by molar-refractivity contribution is 0.387. The molecule has 1 saturated heterocycles. The Hall–Kier alpha value is -2.58. The van der Waals surface area contributed by atoms with Gasteiger partial charge in [0, 0.05) is 6.07 Å². The van der Waals surface area contributed by atoms with E-state index in [1.54, 1.807) is 11.3 Å². The number of hydrogen-bond acceptors (Lipinski definition) is 3. The van der Waals surface area contributed by atoms with Gasteiger partial charge < -0.3 is 9.30 Å². The van der Waals surface area contributed by atoms with Crippen molar-refractivity contribution in [3.8, 4) is 6.07 Å². The number of imidazole rings is 1. The third kappa shape index (κ3) is 1.70. The number of benzene rings is 1. The van der Waals surface area contributed by atoms with Crippen LogP contribution in [0, 0.1) is 18.3 Å².